The van der Waals surface area contributed by atoms with Gasteiger partial charge < -0.3 is 24.6 Å². The molecule has 0 saturated carbocycles. The summed E-state index contributed by atoms with van der Waals surface area (Å²) in [6, 6.07) is 6.67. The largest absolute Gasteiger partial charge is 0.493 e. The van der Waals surface area contributed by atoms with Crippen LogP contribution < -0.4 is 14.8 Å². The lowest BCUT2D eigenvalue weighted by atomic mass is 10.1. The first-order valence-electron chi connectivity index (χ1n) is 8.98. The number of aromatic nitrogens is 1. The number of pyridine rings is 1. The molecule has 0 unspecified atom stereocenters. The second kappa shape index (κ2) is 8.71. The monoisotopic (exact) mass is 384 g/mol. The van der Waals surface area contributed by atoms with Crippen molar-refractivity contribution in [1.29, 1.82) is 0 Å². The van der Waals surface area contributed by atoms with Gasteiger partial charge >= 0.3 is 0 Å². The molecule has 1 aromatic carbocycles. The fraction of sp³-hybridized carbons (Fsp3) is 0.350. The minimum Gasteiger partial charge on any atom is -0.493 e. The van der Waals surface area contributed by atoms with Crippen molar-refractivity contribution < 1.29 is 19.1 Å². The number of nitrogens with zero attached hydrogens (tertiary/aromatic N) is 3. The first-order chi connectivity index (χ1) is 13.5. The molecule has 1 N–H and O–H groups in total. The van der Waals surface area contributed by atoms with E-state index in [1.807, 2.05) is 7.05 Å². The topological polar surface area (TPSA) is 84.0 Å². The molecule has 1 aliphatic heterocycles. The standard InChI is InChI=1S/C20H24N4O4/c1-23-6-8-24(9-7-23)20(26)15-10-14(12-21-13-15)19(25)22-16-4-5-17(27-2)18(11-16)28-3/h4-5,10-13H,6-9H2,1-3H3,(H,22,25). The minimum absolute atomic E-state index is 0.110. The molecule has 8 nitrogen and oxygen atoms in total. The highest BCUT2D eigenvalue weighted by Gasteiger charge is 2.21. The molecule has 0 aliphatic carbocycles. The van der Waals surface area contributed by atoms with E-state index in [1.165, 1.54) is 19.5 Å². The molecule has 1 aliphatic rings. The Morgan fingerprint density at radius 3 is 2.32 bits per heavy atom. The molecule has 2 heterocycles. The fourth-order valence-corrected chi connectivity index (χ4v) is 2.99. The zero-order valence-electron chi connectivity index (χ0n) is 16.3. The lowest BCUT2D eigenvalue weighted by Crippen LogP contribution is -2.47. The van der Waals surface area contributed by atoms with Crippen molar-refractivity contribution in [2.45, 2.75) is 0 Å². The number of rotatable bonds is 5. The summed E-state index contributed by atoms with van der Waals surface area (Å²) in [7, 11) is 5.11. The third kappa shape index (κ3) is 4.40. The predicted molar refractivity (Wildman–Crippen MR) is 105 cm³/mol. The first kappa shape index (κ1) is 19.6. The Balaban J connectivity index is 1.73. The maximum atomic E-state index is 12.7. The molecule has 148 valence electrons. The summed E-state index contributed by atoms with van der Waals surface area (Å²) in [5, 5.41) is 2.79. The number of piperazine rings is 1. The van der Waals surface area contributed by atoms with Crippen LogP contribution in [0.25, 0.3) is 0 Å². The van der Waals surface area contributed by atoms with E-state index in [9.17, 15) is 9.59 Å². The third-order valence-electron chi connectivity index (χ3n) is 4.68. The summed E-state index contributed by atoms with van der Waals surface area (Å²) in [6.07, 6.45) is 2.94. The van der Waals surface area contributed by atoms with E-state index >= 15 is 0 Å². The Kier molecular flexibility index (Phi) is 6.10. The van der Waals surface area contributed by atoms with Crippen molar-refractivity contribution in [2.24, 2.45) is 0 Å². The van der Waals surface area contributed by atoms with Crippen molar-refractivity contribution in [1.82, 2.24) is 14.8 Å². The Hall–Kier alpha value is -3.13. The first-order valence-corrected chi connectivity index (χ1v) is 8.98. The molecule has 2 amide bonds. The highest BCUT2D eigenvalue weighted by Crippen LogP contribution is 2.29. The van der Waals surface area contributed by atoms with Crippen LogP contribution >= 0.6 is 0 Å². The second-order valence-electron chi connectivity index (χ2n) is 6.58. The van der Waals surface area contributed by atoms with Crippen molar-refractivity contribution in [3.63, 3.8) is 0 Å². The van der Waals surface area contributed by atoms with Gasteiger partial charge in [-0.05, 0) is 25.2 Å². The van der Waals surface area contributed by atoms with E-state index < -0.39 is 0 Å². The lowest BCUT2D eigenvalue weighted by Gasteiger charge is -2.32. The van der Waals surface area contributed by atoms with E-state index in [1.54, 1.807) is 36.3 Å². The number of methoxy groups -OCH3 is 2. The number of nitrogens with one attached hydrogen (secondary N) is 1. The molecule has 0 atom stereocenters. The summed E-state index contributed by atoms with van der Waals surface area (Å²) < 4.78 is 10.4. The van der Waals surface area contributed by atoms with Crippen LogP contribution in [0, 0.1) is 0 Å². The Labute approximate surface area is 164 Å². The molecule has 0 spiro atoms. The van der Waals surface area contributed by atoms with Crippen LogP contribution in [-0.2, 0) is 0 Å². The molecule has 0 bridgehead atoms. The van der Waals surface area contributed by atoms with E-state index in [4.69, 9.17) is 9.47 Å². The Morgan fingerprint density at radius 2 is 1.64 bits per heavy atom. The van der Waals surface area contributed by atoms with Crippen LogP contribution in [0.3, 0.4) is 0 Å². The van der Waals surface area contributed by atoms with Gasteiger partial charge in [0.2, 0.25) is 0 Å². The number of benzene rings is 1. The van der Waals surface area contributed by atoms with Gasteiger partial charge in [0.15, 0.2) is 11.5 Å². The van der Waals surface area contributed by atoms with Gasteiger partial charge in [0.1, 0.15) is 0 Å². The lowest BCUT2D eigenvalue weighted by molar-refractivity contribution is 0.0663. The molecule has 0 radical (unpaired) electrons. The molecular weight excluding hydrogens is 360 g/mol. The average Bonchev–Trinajstić information content (AvgIpc) is 2.73. The SMILES string of the molecule is COc1ccc(NC(=O)c2cncc(C(=O)N3CCN(C)CC3)c2)cc1OC. The van der Waals surface area contributed by atoms with Crippen LogP contribution in [0.1, 0.15) is 20.7 Å². The summed E-state index contributed by atoms with van der Waals surface area (Å²) in [5.74, 6) is 0.619. The fourth-order valence-electron chi connectivity index (χ4n) is 2.99. The molecule has 8 heteroatoms. The zero-order chi connectivity index (χ0) is 20.1. The van der Waals surface area contributed by atoms with Crippen LogP contribution in [0.5, 0.6) is 11.5 Å². The number of hydrogen-bond acceptors (Lipinski definition) is 6. The molecule has 2 aromatic rings. The second-order valence-corrected chi connectivity index (χ2v) is 6.58. The number of anilines is 1. The van der Waals surface area contributed by atoms with Crippen molar-refractivity contribution in [2.75, 3.05) is 52.8 Å². The average molecular weight is 384 g/mol. The Bertz CT molecular complexity index is 863. The van der Waals surface area contributed by atoms with Gasteiger partial charge in [-0.2, -0.15) is 0 Å². The highest BCUT2D eigenvalue weighted by atomic mass is 16.5. The van der Waals surface area contributed by atoms with Crippen molar-refractivity contribution in [3.05, 3.63) is 47.8 Å². The summed E-state index contributed by atoms with van der Waals surface area (Å²) in [6.45, 7) is 2.99. The van der Waals surface area contributed by atoms with E-state index in [0.29, 0.717) is 41.4 Å². The van der Waals surface area contributed by atoms with E-state index in [0.717, 1.165) is 13.1 Å². The number of likely N-dealkylation sites (N-methyl/N-ethyl adjacent to an activating group) is 1. The van der Waals surface area contributed by atoms with Crippen molar-refractivity contribution in [3.8, 4) is 11.5 Å². The molecule has 1 fully saturated rings. The summed E-state index contributed by atoms with van der Waals surface area (Å²) in [5.41, 5.74) is 1.28. The third-order valence-corrected chi connectivity index (χ3v) is 4.68. The maximum Gasteiger partial charge on any atom is 0.257 e. The van der Waals surface area contributed by atoms with Crippen molar-refractivity contribution >= 4 is 17.5 Å². The molecular formula is C20H24N4O4. The minimum atomic E-state index is -0.354. The van der Waals surface area contributed by atoms with Gasteiger partial charge in [0.05, 0.1) is 25.3 Å². The molecule has 1 aromatic heterocycles. The molecule has 3 rings (SSSR count). The number of amides is 2. The van der Waals surface area contributed by atoms with Gasteiger partial charge in [0.25, 0.3) is 11.8 Å². The van der Waals surface area contributed by atoms with Crippen LogP contribution in [0.15, 0.2) is 36.7 Å². The Morgan fingerprint density at radius 1 is 0.964 bits per heavy atom. The van der Waals surface area contributed by atoms with Gasteiger partial charge in [-0.3, -0.25) is 14.6 Å². The van der Waals surface area contributed by atoms with Gasteiger partial charge in [-0.15, -0.1) is 0 Å². The van der Waals surface area contributed by atoms with Gasteiger partial charge in [-0.25, -0.2) is 0 Å². The smallest absolute Gasteiger partial charge is 0.257 e. The number of hydrogen-bond donors (Lipinski definition) is 1. The predicted octanol–water partition coefficient (Wildman–Crippen LogP) is 1.74. The number of ether oxygens (including phenoxy) is 2. The maximum absolute atomic E-state index is 12.7. The summed E-state index contributed by atoms with van der Waals surface area (Å²) >= 11 is 0. The van der Waals surface area contributed by atoms with Gasteiger partial charge in [-0.1, -0.05) is 0 Å². The van der Waals surface area contributed by atoms with Gasteiger partial charge in [0, 0.05) is 50.3 Å². The van der Waals surface area contributed by atoms with Crippen LogP contribution in [0.2, 0.25) is 0 Å². The number of carbonyl (C=O) groups is 2. The summed E-state index contributed by atoms with van der Waals surface area (Å²) in [4.78, 5) is 33.3. The zero-order valence-corrected chi connectivity index (χ0v) is 16.3. The quantitative estimate of drug-likeness (QED) is 0.845. The van der Waals surface area contributed by atoms with Crippen LogP contribution in [-0.4, -0.2) is 74.0 Å². The van der Waals surface area contributed by atoms with Crippen LogP contribution in [0.4, 0.5) is 5.69 Å². The molecule has 28 heavy (non-hydrogen) atoms. The highest BCUT2D eigenvalue weighted by molar-refractivity contribution is 6.06. The number of carbonyl (C=O) groups excluding carboxylic acids is 2. The van der Waals surface area contributed by atoms with E-state index in [-0.39, 0.29) is 11.8 Å². The normalized spacial score (nSPS) is 14.5. The van der Waals surface area contributed by atoms with E-state index in [2.05, 4.69) is 15.2 Å². The molecule has 1 saturated heterocycles.